The summed E-state index contributed by atoms with van der Waals surface area (Å²) in [6.07, 6.45) is 0. The van der Waals surface area contributed by atoms with E-state index in [1.165, 1.54) is 6.07 Å². The van der Waals surface area contributed by atoms with Crippen LogP contribution in [0.1, 0.15) is 15.4 Å². The van der Waals surface area contributed by atoms with Gasteiger partial charge in [-0.2, -0.15) is 0 Å². The number of carbonyl (C=O) groups is 1. The van der Waals surface area contributed by atoms with Crippen molar-refractivity contribution in [1.82, 2.24) is 19.8 Å². The molecule has 0 saturated carbocycles. The third-order valence-corrected chi connectivity index (χ3v) is 4.96. The largest absolute Gasteiger partial charge is 0.367 e. The quantitative estimate of drug-likeness (QED) is 0.887. The normalized spacial score (nSPS) is 15.5. The monoisotopic (exact) mass is 349 g/mol. The number of para-hydroxylation sites is 1. The lowest BCUT2D eigenvalue weighted by atomic mass is 10.2. The van der Waals surface area contributed by atoms with E-state index in [0.29, 0.717) is 22.8 Å². The Morgan fingerprint density at radius 3 is 2.71 bits per heavy atom. The molecule has 2 heterocycles. The molecule has 2 aromatic rings. The average molecular weight is 349 g/mol. The topological polar surface area (TPSA) is 61.4 Å². The number of rotatable bonds is 5. The maximum absolute atomic E-state index is 13.8. The Morgan fingerprint density at radius 2 is 2.04 bits per heavy atom. The summed E-state index contributed by atoms with van der Waals surface area (Å²) in [4.78, 5) is 16.9. The molecule has 3 rings (SSSR count). The number of amides is 1. The standard InChI is InChI=1S/C16H20FN5OS/c1-12-15(24-20-19-12)16(23)18-6-7-21-8-10-22(11-9-21)14-5-3-2-4-13(14)17/h2-5H,6-11H2,1H3,(H,18,23). The number of aromatic nitrogens is 2. The van der Waals surface area contributed by atoms with Crippen molar-refractivity contribution in [2.75, 3.05) is 44.2 Å². The molecule has 1 fully saturated rings. The van der Waals surface area contributed by atoms with Gasteiger partial charge in [0.1, 0.15) is 10.7 Å². The zero-order chi connectivity index (χ0) is 16.9. The highest BCUT2D eigenvalue weighted by atomic mass is 32.1. The second-order valence-corrected chi connectivity index (χ2v) is 6.48. The third-order valence-electron chi connectivity index (χ3n) is 4.14. The lowest BCUT2D eigenvalue weighted by Gasteiger charge is -2.36. The van der Waals surface area contributed by atoms with Crippen molar-refractivity contribution in [1.29, 1.82) is 0 Å². The fourth-order valence-electron chi connectivity index (χ4n) is 2.77. The number of benzene rings is 1. The van der Waals surface area contributed by atoms with Crippen LogP contribution in [0.3, 0.4) is 0 Å². The molecule has 1 amide bonds. The Hall–Kier alpha value is -2.06. The first-order valence-corrected chi connectivity index (χ1v) is 8.71. The van der Waals surface area contributed by atoms with Gasteiger partial charge >= 0.3 is 0 Å². The van der Waals surface area contributed by atoms with Gasteiger partial charge in [-0.15, -0.1) is 5.10 Å². The first-order chi connectivity index (χ1) is 11.6. The molecule has 6 nitrogen and oxygen atoms in total. The van der Waals surface area contributed by atoms with E-state index in [1.807, 2.05) is 12.1 Å². The molecule has 128 valence electrons. The molecule has 0 radical (unpaired) electrons. The Bertz CT molecular complexity index is 699. The Labute approximate surface area is 144 Å². The molecule has 1 aliphatic rings. The van der Waals surface area contributed by atoms with Crippen molar-refractivity contribution >= 4 is 23.1 Å². The zero-order valence-corrected chi connectivity index (χ0v) is 14.4. The molecule has 1 aromatic heterocycles. The van der Waals surface area contributed by atoms with Crippen LogP contribution in [0.25, 0.3) is 0 Å². The summed E-state index contributed by atoms with van der Waals surface area (Å²) in [7, 11) is 0. The molecule has 0 atom stereocenters. The summed E-state index contributed by atoms with van der Waals surface area (Å²) in [5.74, 6) is -0.292. The molecule has 0 spiro atoms. The number of piperazine rings is 1. The molecule has 0 bridgehead atoms. The summed E-state index contributed by atoms with van der Waals surface area (Å²) in [6.45, 7) is 6.41. The van der Waals surface area contributed by atoms with E-state index in [9.17, 15) is 9.18 Å². The van der Waals surface area contributed by atoms with Crippen LogP contribution in [0.5, 0.6) is 0 Å². The number of aryl methyl sites for hydroxylation is 1. The summed E-state index contributed by atoms with van der Waals surface area (Å²) in [5.41, 5.74) is 1.33. The van der Waals surface area contributed by atoms with Gasteiger partial charge in [0.05, 0.1) is 11.4 Å². The van der Waals surface area contributed by atoms with Gasteiger partial charge in [0, 0.05) is 39.3 Å². The number of nitrogens with zero attached hydrogens (tertiary/aromatic N) is 4. The Balaban J connectivity index is 1.42. The van der Waals surface area contributed by atoms with E-state index in [-0.39, 0.29) is 11.7 Å². The highest BCUT2D eigenvalue weighted by molar-refractivity contribution is 7.07. The molecule has 1 aromatic carbocycles. The molecule has 1 aliphatic heterocycles. The lowest BCUT2D eigenvalue weighted by Crippen LogP contribution is -2.48. The number of anilines is 1. The maximum Gasteiger partial charge on any atom is 0.264 e. The number of carbonyl (C=O) groups excluding carboxylic acids is 1. The molecule has 24 heavy (non-hydrogen) atoms. The van der Waals surface area contributed by atoms with Crippen LogP contribution in [-0.2, 0) is 0 Å². The number of halogens is 1. The molecule has 1 saturated heterocycles. The number of hydrogen-bond donors (Lipinski definition) is 1. The van der Waals surface area contributed by atoms with Gasteiger partial charge in [-0.1, -0.05) is 16.6 Å². The summed E-state index contributed by atoms with van der Waals surface area (Å²) < 4.78 is 17.6. The Morgan fingerprint density at radius 1 is 1.29 bits per heavy atom. The first kappa shape index (κ1) is 16.8. The highest BCUT2D eigenvalue weighted by Crippen LogP contribution is 2.19. The van der Waals surface area contributed by atoms with E-state index < -0.39 is 0 Å². The van der Waals surface area contributed by atoms with Crippen molar-refractivity contribution in [3.05, 3.63) is 40.7 Å². The predicted octanol–water partition coefficient (Wildman–Crippen LogP) is 1.54. The smallest absolute Gasteiger partial charge is 0.264 e. The van der Waals surface area contributed by atoms with E-state index in [2.05, 4.69) is 24.7 Å². The van der Waals surface area contributed by atoms with Crippen molar-refractivity contribution in [2.24, 2.45) is 0 Å². The molecule has 0 unspecified atom stereocenters. The molecule has 8 heteroatoms. The van der Waals surface area contributed by atoms with Gasteiger partial charge in [-0.25, -0.2) is 4.39 Å². The van der Waals surface area contributed by atoms with Gasteiger partial charge in [0.2, 0.25) is 0 Å². The van der Waals surface area contributed by atoms with Crippen LogP contribution in [-0.4, -0.2) is 59.7 Å². The predicted molar refractivity (Wildman–Crippen MR) is 92.0 cm³/mol. The fourth-order valence-corrected chi connectivity index (χ4v) is 3.34. The van der Waals surface area contributed by atoms with Crippen LogP contribution in [0.15, 0.2) is 24.3 Å². The van der Waals surface area contributed by atoms with Gasteiger partial charge < -0.3 is 10.2 Å². The van der Waals surface area contributed by atoms with E-state index in [1.54, 1.807) is 13.0 Å². The maximum atomic E-state index is 13.8. The molecule has 1 N–H and O–H groups in total. The molecular weight excluding hydrogens is 329 g/mol. The van der Waals surface area contributed by atoms with E-state index >= 15 is 0 Å². The van der Waals surface area contributed by atoms with Crippen molar-refractivity contribution in [3.63, 3.8) is 0 Å². The fraction of sp³-hybridized carbons (Fsp3) is 0.438. The van der Waals surface area contributed by atoms with Crippen molar-refractivity contribution < 1.29 is 9.18 Å². The van der Waals surface area contributed by atoms with Crippen LogP contribution in [0.2, 0.25) is 0 Å². The summed E-state index contributed by atoms with van der Waals surface area (Å²) in [6, 6.07) is 6.87. The third kappa shape index (κ3) is 3.88. The average Bonchev–Trinajstić information content (AvgIpc) is 3.02. The van der Waals surface area contributed by atoms with Gasteiger partial charge in [0.25, 0.3) is 5.91 Å². The zero-order valence-electron chi connectivity index (χ0n) is 13.5. The van der Waals surface area contributed by atoms with Gasteiger partial charge in [-0.3, -0.25) is 9.69 Å². The molecular formula is C16H20FN5OS. The highest BCUT2D eigenvalue weighted by Gasteiger charge is 2.19. The number of nitrogens with one attached hydrogen (secondary N) is 1. The van der Waals surface area contributed by atoms with Crippen LogP contribution < -0.4 is 10.2 Å². The van der Waals surface area contributed by atoms with Crippen molar-refractivity contribution in [2.45, 2.75) is 6.92 Å². The Kier molecular flexibility index (Phi) is 5.37. The minimum absolute atomic E-state index is 0.118. The SMILES string of the molecule is Cc1nnsc1C(=O)NCCN1CCN(c2ccccc2F)CC1. The van der Waals surface area contributed by atoms with Gasteiger partial charge in [0.15, 0.2) is 0 Å². The van der Waals surface area contributed by atoms with Crippen LogP contribution in [0, 0.1) is 12.7 Å². The summed E-state index contributed by atoms with van der Waals surface area (Å²) >= 11 is 1.11. The van der Waals surface area contributed by atoms with Crippen LogP contribution >= 0.6 is 11.5 Å². The second kappa shape index (κ2) is 7.67. The lowest BCUT2D eigenvalue weighted by molar-refractivity contribution is 0.0951. The van der Waals surface area contributed by atoms with E-state index in [4.69, 9.17) is 0 Å². The van der Waals surface area contributed by atoms with Crippen molar-refractivity contribution in [3.8, 4) is 0 Å². The minimum Gasteiger partial charge on any atom is -0.367 e. The number of hydrogen-bond acceptors (Lipinski definition) is 6. The van der Waals surface area contributed by atoms with E-state index in [0.717, 1.165) is 44.3 Å². The van der Waals surface area contributed by atoms with Crippen LogP contribution in [0.4, 0.5) is 10.1 Å². The first-order valence-electron chi connectivity index (χ1n) is 7.94. The summed E-state index contributed by atoms with van der Waals surface area (Å²) in [5, 5.41) is 6.74. The van der Waals surface area contributed by atoms with Gasteiger partial charge in [-0.05, 0) is 30.6 Å². The minimum atomic E-state index is -0.174. The molecule has 0 aliphatic carbocycles. The second-order valence-electron chi connectivity index (χ2n) is 5.72.